The fourth-order valence-electron chi connectivity index (χ4n) is 4.09. The molecule has 2 heterocycles. The van der Waals surface area contributed by atoms with Gasteiger partial charge >= 0.3 is 0 Å². The summed E-state index contributed by atoms with van der Waals surface area (Å²) >= 11 is 0. The fraction of sp³-hybridized carbons (Fsp3) is 0.407. The Bertz CT molecular complexity index is 1220. The molecule has 2 aromatic carbocycles. The molecule has 36 heavy (non-hydrogen) atoms. The molecular formula is C27H29F2N3O4. The maximum absolute atomic E-state index is 14.4. The highest BCUT2D eigenvalue weighted by atomic mass is 19.1. The minimum absolute atomic E-state index is 0.00101. The molecule has 1 saturated heterocycles. The molecule has 0 aromatic heterocycles. The number of amides is 2. The summed E-state index contributed by atoms with van der Waals surface area (Å²) in [7, 11) is 1.58. The molecule has 4 rings (SSSR count). The highest BCUT2D eigenvalue weighted by molar-refractivity contribution is 6.03. The normalized spacial score (nSPS) is 18.0. The van der Waals surface area contributed by atoms with Gasteiger partial charge in [0, 0.05) is 43.9 Å². The number of anilines is 2. The SMILES string of the molecule is CC(C)Nc1cc(C(=O)N[C@H]2COc3ccc(C#CC4CCOCC4)cc3N(C)C2=O)c(F)cc1F. The standard InChI is InChI=1S/C27H29F2N3O4/c1-16(2)30-22-13-19(20(28)14-21(22)29)26(33)31-23-15-36-25-7-6-18(12-24(25)32(3)27(23)34)5-4-17-8-10-35-11-9-17/h6-7,12-14,16-17,23,30H,8-11,15H2,1-3H3,(H,31,33)/t23-/m0/s1. The van der Waals surface area contributed by atoms with Crippen LogP contribution in [-0.2, 0) is 9.53 Å². The summed E-state index contributed by atoms with van der Waals surface area (Å²) in [6.07, 6.45) is 1.79. The van der Waals surface area contributed by atoms with Gasteiger partial charge in [0.15, 0.2) is 0 Å². The van der Waals surface area contributed by atoms with Crippen molar-refractivity contribution < 1.29 is 27.8 Å². The molecule has 0 unspecified atom stereocenters. The molecule has 1 atom stereocenters. The Morgan fingerprint density at radius 3 is 2.61 bits per heavy atom. The highest BCUT2D eigenvalue weighted by Gasteiger charge is 2.31. The smallest absolute Gasteiger partial charge is 0.255 e. The van der Waals surface area contributed by atoms with Crippen molar-refractivity contribution in [3.63, 3.8) is 0 Å². The maximum Gasteiger partial charge on any atom is 0.255 e. The highest BCUT2D eigenvalue weighted by Crippen LogP contribution is 2.32. The summed E-state index contributed by atoms with van der Waals surface area (Å²) in [4.78, 5) is 27.4. The minimum atomic E-state index is -1.07. The lowest BCUT2D eigenvalue weighted by molar-refractivity contribution is -0.120. The Balaban J connectivity index is 1.50. The van der Waals surface area contributed by atoms with Crippen molar-refractivity contribution in [2.45, 2.75) is 38.8 Å². The van der Waals surface area contributed by atoms with Crippen LogP contribution >= 0.6 is 0 Å². The van der Waals surface area contributed by atoms with Gasteiger partial charge in [-0.05, 0) is 51.0 Å². The number of hydrogen-bond donors (Lipinski definition) is 2. The quantitative estimate of drug-likeness (QED) is 0.630. The Morgan fingerprint density at radius 2 is 1.89 bits per heavy atom. The van der Waals surface area contributed by atoms with E-state index in [0.717, 1.165) is 24.5 Å². The summed E-state index contributed by atoms with van der Waals surface area (Å²) < 4.78 is 39.7. The largest absolute Gasteiger partial charge is 0.489 e. The minimum Gasteiger partial charge on any atom is -0.489 e. The van der Waals surface area contributed by atoms with Crippen LogP contribution in [0.2, 0.25) is 0 Å². The van der Waals surface area contributed by atoms with Gasteiger partial charge in [-0.1, -0.05) is 11.8 Å². The van der Waals surface area contributed by atoms with Crippen molar-refractivity contribution in [3.8, 4) is 17.6 Å². The number of nitrogens with one attached hydrogen (secondary N) is 2. The van der Waals surface area contributed by atoms with Crippen LogP contribution in [0.25, 0.3) is 0 Å². The second-order valence-electron chi connectivity index (χ2n) is 9.18. The Labute approximate surface area is 209 Å². The number of ether oxygens (including phenoxy) is 2. The van der Waals surface area contributed by atoms with Gasteiger partial charge in [-0.15, -0.1) is 0 Å². The second kappa shape index (κ2) is 11.0. The van der Waals surface area contributed by atoms with Gasteiger partial charge in [0.05, 0.1) is 16.9 Å². The zero-order chi connectivity index (χ0) is 25.8. The fourth-order valence-corrected chi connectivity index (χ4v) is 4.09. The van der Waals surface area contributed by atoms with E-state index in [4.69, 9.17) is 9.47 Å². The van der Waals surface area contributed by atoms with Gasteiger partial charge in [-0.2, -0.15) is 0 Å². The molecule has 2 N–H and O–H groups in total. The van der Waals surface area contributed by atoms with E-state index in [0.29, 0.717) is 30.7 Å². The maximum atomic E-state index is 14.4. The average Bonchev–Trinajstić information content (AvgIpc) is 2.96. The van der Waals surface area contributed by atoms with Gasteiger partial charge < -0.3 is 25.0 Å². The molecule has 0 bridgehead atoms. The first-order valence-corrected chi connectivity index (χ1v) is 11.9. The number of benzene rings is 2. The third kappa shape index (κ3) is 5.77. The summed E-state index contributed by atoms with van der Waals surface area (Å²) in [5, 5.41) is 5.36. The van der Waals surface area contributed by atoms with Crippen molar-refractivity contribution in [2.75, 3.05) is 37.1 Å². The molecule has 2 aromatic rings. The average molecular weight is 498 g/mol. The van der Waals surface area contributed by atoms with Gasteiger partial charge in [0.1, 0.15) is 30.0 Å². The van der Waals surface area contributed by atoms with Crippen molar-refractivity contribution in [1.82, 2.24) is 5.32 Å². The van der Waals surface area contributed by atoms with E-state index in [-0.39, 0.29) is 29.8 Å². The zero-order valence-corrected chi connectivity index (χ0v) is 20.5. The molecule has 0 saturated carbocycles. The van der Waals surface area contributed by atoms with E-state index >= 15 is 0 Å². The van der Waals surface area contributed by atoms with E-state index in [1.807, 2.05) is 6.07 Å². The zero-order valence-electron chi connectivity index (χ0n) is 20.5. The molecule has 190 valence electrons. The van der Waals surface area contributed by atoms with Crippen LogP contribution in [0, 0.1) is 29.4 Å². The first kappa shape index (κ1) is 25.5. The molecule has 2 aliphatic heterocycles. The molecule has 0 spiro atoms. The van der Waals surface area contributed by atoms with Crippen molar-refractivity contribution >= 4 is 23.2 Å². The molecule has 2 aliphatic rings. The first-order valence-electron chi connectivity index (χ1n) is 11.9. The molecule has 9 heteroatoms. The van der Waals surface area contributed by atoms with Crippen LogP contribution in [0.15, 0.2) is 30.3 Å². The summed E-state index contributed by atoms with van der Waals surface area (Å²) in [5.41, 5.74) is 0.887. The Hall–Kier alpha value is -3.64. The predicted octanol–water partition coefficient (Wildman–Crippen LogP) is 3.72. The number of fused-ring (bicyclic) bond motifs is 1. The van der Waals surface area contributed by atoms with E-state index in [1.165, 1.54) is 4.90 Å². The lowest BCUT2D eigenvalue weighted by atomic mass is 10.0. The van der Waals surface area contributed by atoms with E-state index < -0.39 is 29.5 Å². The molecule has 1 fully saturated rings. The van der Waals surface area contributed by atoms with Gasteiger partial charge in [-0.3, -0.25) is 9.59 Å². The number of halogens is 2. The van der Waals surface area contributed by atoms with Gasteiger partial charge in [0.2, 0.25) is 0 Å². The third-order valence-corrected chi connectivity index (χ3v) is 6.05. The number of likely N-dealkylation sites (N-methyl/N-ethyl adjacent to an activating group) is 1. The van der Waals surface area contributed by atoms with Gasteiger partial charge in [-0.25, -0.2) is 8.78 Å². The lowest BCUT2D eigenvalue weighted by Gasteiger charge is -2.21. The lowest BCUT2D eigenvalue weighted by Crippen LogP contribution is -2.49. The van der Waals surface area contributed by atoms with Crippen molar-refractivity contribution in [1.29, 1.82) is 0 Å². The molecule has 0 radical (unpaired) electrons. The number of nitrogens with zero attached hydrogens (tertiary/aromatic N) is 1. The molecule has 0 aliphatic carbocycles. The van der Waals surface area contributed by atoms with Crippen LogP contribution in [0.3, 0.4) is 0 Å². The Kier molecular flexibility index (Phi) is 7.75. The number of carbonyl (C=O) groups excluding carboxylic acids is 2. The van der Waals surface area contributed by atoms with Crippen LogP contribution < -0.4 is 20.3 Å². The van der Waals surface area contributed by atoms with E-state index in [2.05, 4.69) is 22.5 Å². The first-order chi connectivity index (χ1) is 17.2. The number of rotatable bonds is 4. The van der Waals surface area contributed by atoms with E-state index in [1.54, 1.807) is 33.0 Å². The van der Waals surface area contributed by atoms with E-state index in [9.17, 15) is 18.4 Å². The Morgan fingerprint density at radius 1 is 1.14 bits per heavy atom. The van der Waals surface area contributed by atoms with Crippen molar-refractivity contribution in [3.05, 3.63) is 53.1 Å². The van der Waals surface area contributed by atoms with Gasteiger partial charge in [0.25, 0.3) is 11.8 Å². The molecular weight excluding hydrogens is 468 g/mol. The number of hydrogen-bond acceptors (Lipinski definition) is 5. The topological polar surface area (TPSA) is 79.9 Å². The predicted molar refractivity (Wildman–Crippen MR) is 132 cm³/mol. The van der Waals surface area contributed by atoms with Crippen LogP contribution in [0.4, 0.5) is 20.2 Å². The van der Waals surface area contributed by atoms with Crippen LogP contribution in [0.5, 0.6) is 5.75 Å². The monoisotopic (exact) mass is 497 g/mol. The van der Waals surface area contributed by atoms with Crippen LogP contribution in [-0.4, -0.2) is 50.8 Å². The van der Waals surface area contributed by atoms with Crippen LogP contribution in [0.1, 0.15) is 42.6 Å². The molecule has 7 nitrogen and oxygen atoms in total. The third-order valence-electron chi connectivity index (χ3n) is 6.05. The van der Waals surface area contributed by atoms with Crippen molar-refractivity contribution in [2.24, 2.45) is 5.92 Å². The second-order valence-corrected chi connectivity index (χ2v) is 9.18. The number of carbonyl (C=O) groups is 2. The summed E-state index contributed by atoms with van der Waals surface area (Å²) in [6, 6.07) is 5.88. The summed E-state index contributed by atoms with van der Waals surface area (Å²) in [5.74, 6) is 4.07. The molecule has 2 amide bonds. The summed E-state index contributed by atoms with van der Waals surface area (Å²) in [6.45, 7) is 4.85.